The van der Waals surface area contributed by atoms with E-state index in [0.717, 1.165) is 25.7 Å². The molecule has 2 nitrogen and oxygen atoms in total. The van der Waals surface area contributed by atoms with Crippen molar-refractivity contribution >= 4 is 5.97 Å². The number of carbonyl (C=O) groups is 1. The van der Waals surface area contributed by atoms with Crippen molar-refractivity contribution in [1.29, 1.82) is 0 Å². The van der Waals surface area contributed by atoms with Crippen molar-refractivity contribution in [3.8, 4) is 0 Å². The van der Waals surface area contributed by atoms with Crippen LogP contribution in [-0.4, -0.2) is 11.6 Å². The van der Waals surface area contributed by atoms with E-state index in [-0.39, 0.29) is 17.0 Å². The van der Waals surface area contributed by atoms with Gasteiger partial charge >= 0.3 is 5.97 Å². The van der Waals surface area contributed by atoms with Crippen molar-refractivity contribution in [2.24, 2.45) is 17.3 Å². The van der Waals surface area contributed by atoms with Gasteiger partial charge in [0.1, 0.15) is 5.60 Å². The fraction of sp³-hybridized carbons (Fsp3) is 0.941. The van der Waals surface area contributed by atoms with Crippen LogP contribution in [0.1, 0.15) is 81.1 Å². The normalized spacial score (nSPS) is 18.2. The molecule has 0 aromatic rings. The average molecular weight is 270 g/mol. The van der Waals surface area contributed by atoms with Crippen LogP contribution in [0.2, 0.25) is 0 Å². The predicted octanol–water partition coefficient (Wildman–Crippen LogP) is 5.21. The standard InChI is InChI=1S/C17H34O2/c1-9-11-16(7,10-2)19-15(18)17(8,14(5)6)12-13(3)4/h13-14H,9-12H2,1-8H3. The van der Waals surface area contributed by atoms with Gasteiger partial charge in [0.2, 0.25) is 0 Å². The molecular weight excluding hydrogens is 236 g/mol. The molecular formula is C17H34O2. The zero-order valence-electron chi connectivity index (χ0n) is 14.3. The van der Waals surface area contributed by atoms with E-state index in [4.69, 9.17) is 4.74 Å². The third kappa shape index (κ3) is 5.16. The highest BCUT2D eigenvalue weighted by molar-refractivity contribution is 5.77. The lowest BCUT2D eigenvalue weighted by atomic mass is 9.73. The quantitative estimate of drug-likeness (QED) is 0.566. The van der Waals surface area contributed by atoms with Crippen molar-refractivity contribution in [3.05, 3.63) is 0 Å². The van der Waals surface area contributed by atoms with Crippen LogP contribution in [0.4, 0.5) is 0 Å². The molecule has 0 rings (SSSR count). The van der Waals surface area contributed by atoms with Crippen LogP contribution in [0, 0.1) is 17.3 Å². The van der Waals surface area contributed by atoms with Crippen LogP contribution in [0.5, 0.6) is 0 Å². The highest BCUT2D eigenvalue weighted by Crippen LogP contribution is 2.38. The van der Waals surface area contributed by atoms with Crippen LogP contribution in [0.3, 0.4) is 0 Å². The van der Waals surface area contributed by atoms with Crippen LogP contribution in [0.15, 0.2) is 0 Å². The fourth-order valence-electron chi connectivity index (χ4n) is 2.57. The maximum absolute atomic E-state index is 12.7. The Bertz CT molecular complexity index is 283. The van der Waals surface area contributed by atoms with Gasteiger partial charge in [-0.3, -0.25) is 4.79 Å². The van der Waals surface area contributed by atoms with E-state index in [1.165, 1.54) is 0 Å². The predicted molar refractivity (Wildman–Crippen MR) is 82.1 cm³/mol. The summed E-state index contributed by atoms with van der Waals surface area (Å²) in [6, 6.07) is 0. The highest BCUT2D eigenvalue weighted by atomic mass is 16.6. The monoisotopic (exact) mass is 270 g/mol. The van der Waals surface area contributed by atoms with E-state index in [9.17, 15) is 4.79 Å². The Morgan fingerprint density at radius 1 is 1.11 bits per heavy atom. The lowest BCUT2D eigenvalue weighted by Gasteiger charge is -2.37. The molecule has 0 aromatic heterocycles. The Balaban J connectivity index is 5.02. The molecule has 0 saturated carbocycles. The summed E-state index contributed by atoms with van der Waals surface area (Å²) in [4.78, 5) is 12.7. The van der Waals surface area contributed by atoms with Gasteiger partial charge in [0.05, 0.1) is 5.41 Å². The molecule has 0 aliphatic rings. The summed E-state index contributed by atoms with van der Waals surface area (Å²) in [5.41, 5.74) is -0.683. The molecule has 2 unspecified atom stereocenters. The van der Waals surface area contributed by atoms with E-state index < -0.39 is 0 Å². The van der Waals surface area contributed by atoms with E-state index in [2.05, 4.69) is 55.4 Å². The lowest BCUT2D eigenvalue weighted by Crippen LogP contribution is -2.42. The SMILES string of the molecule is CCCC(C)(CC)OC(=O)C(C)(CC(C)C)C(C)C. The summed E-state index contributed by atoms with van der Waals surface area (Å²) in [5.74, 6) is 0.776. The summed E-state index contributed by atoms with van der Waals surface area (Å²) >= 11 is 0. The van der Waals surface area contributed by atoms with Gasteiger partial charge in [-0.2, -0.15) is 0 Å². The molecule has 0 N–H and O–H groups in total. The largest absolute Gasteiger partial charge is 0.459 e. The second kappa shape index (κ2) is 7.31. The molecule has 0 fully saturated rings. The second-order valence-corrected chi connectivity index (χ2v) is 7.11. The molecule has 0 radical (unpaired) electrons. The van der Waals surface area contributed by atoms with Gasteiger partial charge in [-0.05, 0) is 44.9 Å². The van der Waals surface area contributed by atoms with Crippen LogP contribution >= 0.6 is 0 Å². The summed E-state index contributed by atoms with van der Waals surface area (Å²) in [6.07, 6.45) is 3.74. The van der Waals surface area contributed by atoms with Gasteiger partial charge in [-0.1, -0.05) is 48.0 Å². The number of hydrogen-bond donors (Lipinski definition) is 0. The smallest absolute Gasteiger partial charge is 0.312 e. The lowest BCUT2D eigenvalue weighted by molar-refractivity contribution is -0.175. The van der Waals surface area contributed by atoms with Gasteiger partial charge in [-0.15, -0.1) is 0 Å². The van der Waals surface area contributed by atoms with E-state index >= 15 is 0 Å². The van der Waals surface area contributed by atoms with Crippen LogP contribution < -0.4 is 0 Å². The maximum Gasteiger partial charge on any atom is 0.312 e. The summed E-state index contributed by atoms with van der Waals surface area (Å²) < 4.78 is 5.92. The van der Waals surface area contributed by atoms with Crippen molar-refractivity contribution in [2.75, 3.05) is 0 Å². The molecule has 2 heteroatoms. The first kappa shape index (κ1) is 18.5. The Morgan fingerprint density at radius 3 is 1.95 bits per heavy atom. The van der Waals surface area contributed by atoms with E-state index in [1.807, 2.05) is 0 Å². The maximum atomic E-state index is 12.7. The Hall–Kier alpha value is -0.530. The van der Waals surface area contributed by atoms with Gasteiger partial charge < -0.3 is 4.74 Å². The Morgan fingerprint density at radius 2 is 1.63 bits per heavy atom. The molecule has 19 heavy (non-hydrogen) atoms. The molecule has 114 valence electrons. The Labute approximate surface area is 120 Å². The van der Waals surface area contributed by atoms with E-state index in [0.29, 0.717) is 11.8 Å². The van der Waals surface area contributed by atoms with E-state index in [1.54, 1.807) is 0 Å². The number of ether oxygens (including phenoxy) is 1. The topological polar surface area (TPSA) is 26.3 Å². The molecule has 2 atom stereocenters. The zero-order chi connectivity index (χ0) is 15.3. The Kier molecular flexibility index (Phi) is 7.10. The third-order valence-electron chi connectivity index (χ3n) is 4.44. The average Bonchev–Trinajstić information content (AvgIpc) is 2.27. The van der Waals surface area contributed by atoms with Gasteiger partial charge in [0, 0.05) is 0 Å². The first-order chi connectivity index (χ1) is 8.61. The van der Waals surface area contributed by atoms with Crippen LogP contribution in [-0.2, 0) is 9.53 Å². The van der Waals surface area contributed by atoms with Gasteiger partial charge in [0.15, 0.2) is 0 Å². The van der Waals surface area contributed by atoms with Crippen molar-refractivity contribution in [1.82, 2.24) is 0 Å². The zero-order valence-corrected chi connectivity index (χ0v) is 14.3. The molecule has 0 aromatic carbocycles. The van der Waals surface area contributed by atoms with Crippen molar-refractivity contribution in [2.45, 2.75) is 86.7 Å². The summed E-state index contributed by atoms with van der Waals surface area (Å²) in [7, 11) is 0. The first-order valence-electron chi connectivity index (χ1n) is 7.84. The van der Waals surface area contributed by atoms with Crippen molar-refractivity contribution < 1.29 is 9.53 Å². The van der Waals surface area contributed by atoms with Gasteiger partial charge in [-0.25, -0.2) is 0 Å². The molecule has 0 heterocycles. The minimum absolute atomic E-state index is 0.0194. The molecule has 0 bridgehead atoms. The second-order valence-electron chi connectivity index (χ2n) is 7.11. The number of esters is 1. The fourth-order valence-corrected chi connectivity index (χ4v) is 2.57. The summed E-state index contributed by atoms with van der Waals surface area (Å²) in [6.45, 7) is 16.9. The number of hydrogen-bond acceptors (Lipinski definition) is 2. The minimum Gasteiger partial charge on any atom is -0.459 e. The van der Waals surface area contributed by atoms with Crippen molar-refractivity contribution in [3.63, 3.8) is 0 Å². The molecule has 0 spiro atoms. The third-order valence-corrected chi connectivity index (χ3v) is 4.44. The molecule has 0 amide bonds. The molecule has 0 aliphatic carbocycles. The highest BCUT2D eigenvalue weighted by Gasteiger charge is 2.41. The molecule has 0 aliphatic heterocycles. The molecule has 0 saturated heterocycles. The number of rotatable bonds is 8. The summed E-state index contributed by atoms with van der Waals surface area (Å²) in [5, 5.41) is 0. The first-order valence-corrected chi connectivity index (χ1v) is 7.84. The van der Waals surface area contributed by atoms with Crippen LogP contribution in [0.25, 0.3) is 0 Å². The number of carbonyl (C=O) groups excluding carboxylic acids is 1. The van der Waals surface area contributed by atoms with Gasteiger partial charge in [0.25, 0.3) is 0 Å². The minimum atomic E-state index is -0.377.